The van der Waals surface area contributed by atoms with Crippen molar-refractivity contribution in [3.05, 3.63) is 11.9 Å². The molecule has 0 saturated heterocycles. The van der Waals surface area contributed by atoms with Gasteiger partial charge in [0.2, 0.25) is 0 Å². The summed E-state index contributed by atoms with van der Waals surface area (Å²) < 4.78 is 11.9. The van der Waals surface area contributed by atoms with Crippen LogP contribution < -0.4 is 10.6 Å². The summed E-state index contributed by atoms with van der Waals surface area (Å²) in [4.78, 5) is 8.12. The van der Waals surface area contributed by atoms with E-state index in [-0.39, 0.29) is 6.67 Å². The fourth-order valence-corrected chi connectivity index (χ4v) is 1.15. The monoisotopic (exact) mass is 198 g/mol. The summed E-state index contributed by atoms with van der Waals surface area (Å²) in [6, 6.07) is 0. The number of hydrogen-bond donors (Lipinski definition) is 2. The van der Waals surface area contributed by atoms with Gasteiger partial charge < -0.3 is 10.6 Å². The summed E-state index contributed by atoms with van der Waals surface area (Å²) in [5, 5.41) is 6.02. The van der Waals surface area contributed by atoms with E-state index in [1.165, 1.54) is 6.33 Å². The Bertz CT molecular complexity index is 290. The molecule has 1 aromatic rings. The molecule has 0 fully saturated rings. The van der Waals surface area contributed by atoms with Gasteiger partial charge in [0.05, 0.1) is 6.67 Å². The third-order valence-electron chi connectivity index (χ3n) is 1.92. The van der Waals surface area contributed by atoms with E-state index in [1.807, 2.05) is 6.92 Å². The van der Waals surface area contributed by atoms with Crippen molar-refractivity contribution in [3.63, 3.8) is 0 Å². The van der Waals surface area contributed by atoms with Gasteiger partial charge >= 0.3 is 0 Å². The van der Waals surface area contributed by atoms with Crippen LogP contribution in [0.2, 0.25) is 0 Å². The molecule has 1 rings (SSSR count). The maximum atomic E-state index is 11.9. The summed E-state index contributed by atoms with van der Waals surface area (Å²) in [7, 11) is 1.81. The van der Waals surface area contributed by atoms with Crippen LogP contribution in [0.5, 0.6) is 0 Å². The molecule has 0 amide bonds. The first-order valence-electron chi connectivity index (χ1n) is 4.58. The van der Waals surface area contributed by atoms with Gasteiger partial charge in [0.1, 0.15) is 18.0 Å². The molecule has 78 valence electrons. The highest BCUT2D eigenvalue weighted by molar-refractivity contribution is 5.55. The van der Waals surface area contributed by atoms with Crippen molar-refractivity contribution in [1.82, 2.24) is 9.97 Å². The van der Waals surface area contributed by atoms with Crippen molar-refractivity contribution in [1.29, 1.82) is 0 Å². The highest BCUT2D eigenvalue weighted by Crippen LogP contribution is 2.16. The van der Waals surface area contributed by atoms with Gasteiger partial charge in [-0.1, -0.05) is 0 Å². The molecule has 0 aromatic carbocycles. The average Bonchev–Trinajstić information content (AvgIpc) is 2.21. The standard InChI is InChI=1S/C9H15FN4/c1-7-8(11-2)13-6-14-9(7)12-5-3-4-10/h6H,3-5H2,1-2H3,(H2,11,12,13,14). The van der Waals surface area contributed by atoms with Crippen LogP contribution in [0.15, 0.2) is 6.33 Å². The van der Waals surface area contributed by atoms with Crippen molar-refractivity contribution >= 4 is 11.6 Å². The number of alkyl halides is 1. The molecule has 0 aliphatic carbocycles. The number of aromatic nitrogens is 2. The molecule has 0 bridgehead atoms. The van der Waals surface area contributed by atoms with E-state index < -0.39 is 0 Å². The zero-order valence-electron chi connectivity index (χ0n) is 8.47. The van der Waals surface area contributed by atoms with Crippen LogP contribution in [0.25, 0.3) is 0 Å². The quantitative estimate of drug-likeness (QED) is 0.705. The highest BCUT2D eigenvalue weighted by Gasteiger charge is 2.03. The minimum atomic E-state index is -0.310. The van der Waals surface area contributed by atoms with E-state index in [2.05, 4.69) is 20.6 Å². The fourth-order valence-electron chi connectivity index (χ4n) is 1.15. The molecule has 0 saturated carbocycles. The molecule has 0 aliphatic rings. The smallest absolute Gasteiger partial charge is 0.134 e. The predicted molar refractivity (Wildman–Crippen MR) is 55.4 cm³/mol. The number of halogens is 1. The first-order chi connectivity index (χ1) is 6.79. The van der Waals surface area contributed by atoms with Crippen LogP contribution in [-0.2, 0) is 0 Å². The van der Waals surface area contributed by atoms with E-state index in [4.69, 9.17) is 0 Å². The summed E-state index contributed by atoms with van der Waals surface area (Å²) in [6.45, 7) is 2.21. The molecule has 0 spiro atoms. The maximum absolute atomic E-state index is 11.9. The molecule has 1 heterocycles. The molecule has 14 heavy (non-hydrogen) atoms. The van der Waals surface area contributed by atoms with Crippen LogP contribution in [0.3, 0.4) is 0 Å². The molecule has 2 N–H and O–H groups in total. The van der Waals surface area contributed by atoms with Crippen molar-refractivity contribution in [2.24, 2.45) is 0 Å². The Balaban J connectivity index is 2.66. The second-order valence-corrected chi connectivity index (χ2v) is 2.92. The molecule has 1 aromatic heterocycles. The van der Waals surface area contributed by atoms with Gasteiger partial charge in [0.25, 0.3) is 0 Å². The highest BCUT2D eigenvalue weighted by atomic mass is 19.1. The van der Waals surface area contributed by atoms with Crippen molar-refractivity contribution < 1.29 is 4.39 Å². The number of hydrogen-bond acceptors (Lipinski definition) is 4. The van der Waals surface area contributed by atoms with Crippen LogP contribution in [0, 0.1) is 6.92 Å². The van der Waals surface area contributed by atoms with Crippen LogP contribution in [0.1, 0.15) is 12.0 Å². The normalized spacial score (nSPS) is 9.93. The lowest BCUT2D eigenvalue weighted by molar-refractivity contribution is 0.481. The molecular weight excluding hydrogens is 183 g/mol. The summed E-state index contributed by atoms with van der Waals surface area (Å²) in [6.07, 6.45) is 1.98. The van der Waals surface area contributed by atoms with E-state index in [0.29, 0.717) is 13.0 Å². The van der Waals surface area contributed by atoms with Crippen LogP contribution >= 0.6 is 0 Å². The third-order valence-corrected chi connectivity index (χ3v) is 1.92. The number of nitrogens with zero attached hydrogens (tertiary/aromatic N) is 2. The zero-order valence-corrected chi connectivity index (χ0v) is 8.47. The lowest BCUT2D eigenvalue weighted by atomic mass is 10.3. The second-order valence-electron chi connectivity index (χ2n) is 2.92. The Hall–Kier alpha value is -1.39. The maximum Gasteiger partial charge on any atom is 0.134 e. The number of nitrogens with one attached hydrogen (secondary N) is 2. The van der Waals surface area contributed by atoms with E-state index in [9.17, 15) is 4.39 Å². The van der Waals surface area contributed by atoms with Crippen molar-refractivity contribution in [3.8, 4) is 0 Å². The van der Waals surface area contributed by atoms with Gasteiger partial charge in [0, 0.05) is 19.2 Å². The van der Waals surface area contributed by atoms with Gasteiger partial charge in [0.15, 0.2) is 0 Å². The van der Waals surface area contributed by atoms with Gasteiger partial charge in [-0.15, -0.1) is 0 Å². The van der Waals surface area contributed by atoms with Crippen LogP contribution in [0.4, 0.5) is 16.0 Å². The Kier molecular flexibility index (Phi) is 4.10. The van der Waals surface area contributed by atoms with Crippen molar-refractivity contribution in [2.45, 2.75) is 13.3 Å². The second kappa shape index (κ2) is 5.36. The number of anilines is 2. The van der Waals surface area contributed by atoms with Crippen molar-refractivity contribution in [2.75, 3.05) is 30.9 Å². The SMILES string of the molecule is CNc1ncnc(NCCCF)c1C. The molecule has 5 heteroatoms. The average molecular weight is 198 g/mol. The minimum absolute atomic E-state index is 0.310. The molecule has 0 atom stereocenters. The van der Waals surface area contributed by atoms with Gasteiger partial charge in [-0.3, -0.25) is 4.39 Å². The molecule has 0 unspecified atom stereocenters. The molecular formula is C9H15FN4. The van der Waals surface area contributed by atoms with Gasteiger partial charge in [-0.05, 0) is 13.3 Å². The Morgan fingerprint density at radius 2 is 2.07 bits per heavy atom. The largest absolute Gasteiger partial charge is 0.373 e. The Morgan fingerprint density at radius 3 is 2.71 bits per heavy atom. The zero-order chi connectivity index (χ0) is 10.4. The van der Waals surface area contributed by atoms with Gasteiger partial charge in [-0.25, -0.2) is 9.97 Å². The summed E-state index contributed by atoms with van der Waals surface area (Å²) in [5.74, 6) is 1.56. The van der Waals surface area contributed by atoms with E-state index in [0.717, 1.165) is 17.2 Å². The molecule has 0 radical (unpaired) electrons. The van der Waals surface area contributed by atoms with E-state index >= 15 is 0 Å². The first-order valence-corrected chi connectivity index (χ1v) is 4.58. The van der Waals surface area contributed by atoms with Gasteiger partial charge in [-0.2, -0.15) is 0 Å². The van der Waals surface area contributed by atoms with Crippen LogP contribution in [-0.4, -0.2) is 30.2 Å². The topological polar surface area (TPSA) is 49.8 Å². The fraction of sp³-hybridized carbons (Fsp3) is 0.556. The molecule has 4 nitrogen and oxygen atoms in total. The Morgan fingerprint density at radius 1 is 1.36 bits per heavy atom. The lowest BCUT2D eigenvalue weighted by Crippen LogP contribution is -2.08. The number of rotatable bonds is 5. The minimum Gasteiger partial charge on any atom is -0.373 e. The van der Waals surface area contributed by atoms with E-state index in [1.54, 1.807) is 7.05 Å². The summed E-state index contributed by atoms with van der Waals surface area (Å²) >= 11 is 0. The first kappa shape index (κ1) is 10.7. The lowest BCUT2D eigenvalue weighted by Gasteiger charge is -2.09. The predicted octanol–water partition coefficient (Wildman–Crippen LogP) is 1.60. The summed E-state index contributed by atoms with van der Waals surface area (Å²) in [5.41, 5.74) is 0.953. The Labute approximate surface area is 83.0 Å². The third kappa shape index (κ3) is 2.55. The molecule has 0 aliphatic heterocycles.